The fourth-order valence-corrected chi connectivity index (χ4v) is 2.99. The number of rotatable bonds is 5. The van der Waals surface area contributed by atoms with Crippen molar-refractivity contribution in [1.82, 2.24) is 4.90 Å². The molecular weight excluding hydrogens is 254 g/mol. The topological polar surface area (TPSA) is 69.8 Å². The van der Waals surface area contributed by atoms with Crippen LogP contribution in [0.3, 0.4) is 0 Å². The number of nitrogens with zero attached hydrogens (tertiary/aromatic N) is 2. The van der Waals surface area contributed by atoms with E-state index in [1.807, 2.05) is 0 Å². The van der Waals surface area contributed by atoms with Gasteiger partial charge in [0.25, 0.3) is 0 Å². The van der Waals surface area contributed by atoms with Gasteiger partial charge in [-0.1, -0.05) is 13.8 Å². The number of benzene rings is 1. The number of carboxylic acid groups (broad SMARTS) is 1. The van der Waals surface area contributed by atoms with E-state index >= 15 is 0 Å². The van der Waals surface area contributed by atoms with E-state index in [9.17, 15) is 9.90 Å². The summed E-state index contributed by atoms with van der Waals surface area (Å²) in [5, 5.41) is 9.31. The first-order chi connectivity index (χ1) is 9.56. The average molecular weight is 277 g/mol. The molecule has 1 aromatic rings. The van der Waals surface area contributed by atoms with Gasteiger partial charge in [-0.25, -0.2) is 4.79 Å². The molecule has 1 saturated heterocycles. The molecule has 0 radical (unpaired) electrons. The quantitative estimate of drug-likeness (QED) is 0.804. The van der Waals surface area contributed by atoms with Crippen LogP contribution in [0.1, 0.15) is 30.6 Å². The normalized spacial score (nSPS) is 18.8. The predicted molar refractivity (Wildman–Crippen MR) is 81.4 cm³/mol. The Morgan fingerprint density at radius 3 is 2.75 bits per heavy atom. The fraction of sp³-hybridized carbons (Fsp3) is 0.533. The maximum absolute atomic E-state index is 11.3. The Balaban J connectivity index is 2.21. The first-order valence-electron chi connectivity index (χ1n) is 7.18. The van der Waals surface area contributed by atoms with Crippen LogP contribution in [0.15, 0.2) is 18.2 Å². The van der Waals surface area contributed by atoms with Crippen molar-refractivity contribution in [2.45, 2.75) is 26.3 Å². The van der Waals surface area contributed by atoms with Gasteiger partial charge >= 0.3 is 5.97 Å². The van der Waals surface area contributed by atoms with Crippen LogP contribution in [0.2, 0.25) is 0 Å². The van der Waals surface area contributed by atoms with Crippen molar-refractivity contribution in [3.05, 3.63) is 23.8 Å². The Morgan fingerprint density at radius 1 is 1.45 bits per heavy atom. The van der Waals surface area contributed by atoms with Gasteiger partial charge in [0.15, 0.2) is 0 Å². The molecule has 2 rings (SSSR count). The second kappa shape index (κ2) is 6.13. The number of anilines is 2. The maximum Gasteiger partial charge on any atom is 0.337 e. The lowest BCUT2D eigenvalue weighted by Crippen LogP contribution is -2.37. The number of hydrogen-bond donors (Lipinski definition) is 2. The predicted octanol–water partition coefficient (Wildman–Crippen LogP) is 1.89. The van der Waals surface area contributed by atoms with E-state index in [-0.39, 0.29) is 0 Å². The number of nitrogens with two attached hydrogens (primary N) is 1. The van der Waals surface area contributed by atoms with Crippen molar-refractivity contribution >= 4 is 17.3 Å². The van der Waals surface area contributed by atoms with Crippen LogP contribution >= 0.6 is 0 Å². The molecule has 0 bridgehead atoms. The van der Waals surface area contributed by atoms with Gasteiger partial charge in [-0.15, -0.1) is 0 Å². The van der Waals surface area contributed by atoms with Crippen LogP contribution in [0.25, 0.3) is 0 Å². The van der Waals surface area contributed by atoms with Crippen LogP contribution in [0.5, 0.6) is 0 Å². The minimum absolute atomic E-state index is 0.333. The average Bonchev–Trinajstić information content (AvgIpc) is 2.89. The molecule has 1 aliphatic heterocycles. The lowest BCUT2D eigenvalue weighted by Gasteiger charge is -2.27. The molecule has 1 aromatic carbocycles. The Kier molecular flexibility index (Phi) is 4.49. The van der Waals surface area contributed by atoms with Crippen molar-refractivity contribution < 1.29 is 9.90 Å². The van der Waals surface area contributed by atoms with Gasteiger partial charge in [-0.2, -0.15) is 0 Å². The monoisotopic (exact) mass is 277 g/mol. The number of carbonyl (C=O) groups is 1. The molecule has 1 unspecified atom stereocenters. The zero-order valence-electron chi connectivity index (χ0n) is 12.2. The summed E-state index contributed by atoms with van der Waals surface area (Å²) < 4.78 is 0. The van der Waals surface area contributed by atoms with Crippen LogP contribution in [-0.2, 0) is 0 Å². The minimum atomic E-state index is -0.897. The highest BCUT2D eigenvalue weighted by Crippen LogP contribution is 2.28. The highest BCUT2D eigenvalue weighted by Gasteiger charge is 2.28. The lowest BCUT2D eigenvalue weighted by atomic mass is 10.1. The molecule has 3 N–H and O–H groups in total. The van der Waals surface area contributed by atoms with Crippen molar-refractivity contribution in [1.29, 1.82) is 0 Å². The summed E-state index contributed by atoms with van der Waals surface area (Å²) in [6.07, 6.45) is 1.07. The summed E-state index contributed by atoms with van der Waals surface area (Å²) >= 11 is 0. The molecule has 1 aliphatic rings. The molecule has 110 valence electrons. The van der Waals surface area contributed by atoms with Gasteiger partial charge in [-0.05, 0) is 37.7 Å². The summed E-state index contributed by atoms with van der Waals surface area (Å²) in [6, 6.07) is 5.50. The van der Waals surface area contributed by atoms with E-state index in [2.05, 4.69) is 23.6 Å². The van der Waals surface area contributed by atoms with Gasteiger partial charge in [-0.3, -0.25) is 4.90 Å². The maximum atomic E-state index is 11.3. The lowest BCUT2D eigenvalue weighted by molar-refractivity contribution is 0.0697. The second-order valence-electron chi connectivity index (χ2n) is 5.19. The number of nitrogen functional groups attached to an aromatic ring is 1. The van der Waals surface area contributed by atoms with Crippen molar-refractivity contribution in [3.63, 3.8) is 0 Å². The Morgan fingerprint density at radius 2 is 2.15 bits per heavy atom. The summed E-state index contributed by atoms with van der Waals surface area (Å²) in [4.78, 5) is 15.9. The number of hydrogen-bond acceptors (Lipinski definition) is 4. The van der Waals surface area contributed by atoms with Crippen LogP contribution < -0.4 is 10.6 Å². The third-order valence-electron chi connectivity index (χ3n) is 4.09. The summed E-state index contributed by atoms with van der Waals surface area (Å²) in [7, 11) is 0. The Labute approximate surface area is 120 Å². The molecule has 1 atom stereocenters. The molecule has 0 aliphatic carbocycles. The van der Waals surface area contributed by atoms with E-state index in [0.717, 1.165) is 38.3 Å². The SMILES string of the molecule is CCN(CC)C1CCN(c2cc(N)ccc2C(=O)O)C1. The van der Waals surface area contributed by atoms with E-state index in [1.165, 1.54) is 0 Å². The Hall–Kier alpha value is -1.75. The van der Waals surface area contributed by atoms with E-state index in [1.54, 1.807) is 18.2 Å². The molecule has 1 fully saturated rings. The molecule has 5 heteroatoms. The molecule has 5 nitrogen and oxygen atoms in total. The molecule has 0 saturated carbocycles. The molecule has 0 aromatic heterocycles. The van der Waals surface area contributed by atoms with Gasteiger partial charge in [0.1, 0.15) is 0 Å². The van der Waals surface area contributed by atoms with Gasteiger partial charge < -0.3 is 15.7 Å². The number of likely N-dealkylation sites (N-methyl/N-ethyl adjacent to an activating group) is 1. The van der Waals surface area contributed by atoms with Crippen molar-refractivity contribution in [2.75, 3.05) is 36.8 Å². The first kappa shape index (κ1) is 14.7. The smallest absolute Gasteiger partial charge is 0.337 e. The second-order valence-corrected chi connectivity index (χ2v) is 5.19. The zero-order valence-corrected chi connectivity index (χ0v) is 12.2. The molecule has 1 heterocycles. The molecule has 0 amide bonds. The van der Waals surface area contributed by atoms with Gasteiger partial charge in [0, 0.05) is 24.8 Å². The fourth-order valence-electron chi connectivity index (χ4n) is 2.99. The molecular formula is C15H23N3O2. The van der Waals surface area contributed by atoms with Gasteiger partial charge in [0.2, 0.25) is 0 Å². The van der Waals surface area contributed by atoms with Crippen LogP contribution in [-0.4, -0.2) is 48.2 Å². The third kappa shape index (κ3) is 2.88. The first-order valence-corrected chi connectivity index (χ1v) is 7.18. The van der Waals surface area contributed by atoms with Crippen LogP contribution in [0.4, 0.5) is 11.4 Å². The largest absolute Gasteiger partial charge is 0.478 e. The highest BCUT2D eigenvalue weighted by molar-refractivity contribution is 5.95. The van der Waals surface area contributed by atoms with Gasteiger partial charge in [0.05, 0.1) is 11.3 Å². The van der Waals surface area contributed by atoms with Crippen molar-refractivity contribution in [2.24, 2.45) is 0 Å². The summed E-state index contributed by atoms with van der Waals surface area (Å²) in [5.41, 5.74) is 7.50. The van der Waals surface area contributed by atoms with E-state index in [4.69, 9.17) is 5.73 Å². The van der Waals surface area contributed by atoms with Crippen LogP contribution in [0, 0.1) is 0 Å². The Bertz CT molecular complexity index is 486. The van der Waals surface area contributed by atoms with E-state index in [0.29, 0.717) is 17.3 Å². The number of carboxylic acids is 1. The summed E-state index contributed by atoms with van der Waals surface area (Å²) in [6.45, 7) is 8.12. The highest BCUT2D eigenvalue weighted by atomic mass is 16.4. The third-order valence-corrected chi connectivity index (χ3v) is 4.09. The zero-order chi connectivity index (χ0) is 14.7. The van der Waals surface area contributed by atoms with E-state index < -0.39 is 5.97 Å². The molecule has 0 spiro atoms. The number of aromatic carboxylic acids is 1. The van der Waals surface area contributed by atoms with Crippen molar-refractivity contribution in [3.8, 4) is 0 Å². The summed E-state index contributed by atoms with van der Waals surface area (Å²) in [5.74, 6) is -0.897. The molecule has 20 heavy (non-hydrogen) atoms. The standard InChI is InChI=1S/C15H23N3O2/c1-3-17(4-2)12-7-8-18(10-12)14-9-11(16)5-6-13(14)15(19)20/h5-6,9,12H,3-4,7-8,10,16H2,1-2H3,(H,19,20). The minimum Gasteiger partial charge on any atom is -0.478 e.